The molecule has 4 heteroatoms. The van der Waals surface area contributed by atoms with Crippen LogP contribution in [0.3, 0.4) is 0 Å². The van der Waals surface area contributed by atoms with Gasteiger partial charge in [0.05, 0.1) is 4.88 Å². The molecule has 0 aliphatic rings. The highest BCUT2D eigenvalue weighted by molar-refractivity contribution is 7.12. The molecule has 21 heavy (non-hydrogen) atoms. The van der Waals surface area contributed by atoms with Crippen LogP contribution in [0.2, 0.25) is 0 Å². The van der Waals surface area contributed by atoms with E-state index in [1.54, 1.807) is 0 Å². The van der Waals surface area contributed by atoms with E-state index in [1.807, 2.05) is 42.6 Å². The van der Waals surface area contributed by atoms with Crippen molar-refractivity contribution in [2.75, 3.05) is 6.61 Å². The van der Waals surface area contributed by atoms with Gasteiger partial charge in [-0.3, -0.25) is 4.79 Å². The van der Waals surface area contributed by atoms with Crippen molar-refractivity contribution in [3.63, 3.8) is 0 Å². The number of aryl methyl sites for hydroxylation is 1. The predicted molar refractivity (Wildman–Crippen MR) is 85.3 cm³/mol. The minimum absolute atomic E-state index is 0.0222. The summed E-state index contributed by atoms with van der Waals surface area (Å²) in [4.78, 5) is 12.9. The van der Waals surface area contributed by atoms with E-state index in [2.05, 4.69) is 17.2 Å². The smallest absolute Gasteiger partial charge is 0.261 e. The van der Waals surface area contributed by atoms with E-state index in [1.165, 1.54) is 11.3 Å². The van der Waals surface area contributed by atoms with Crippen LogP contribution in [0.25, 0.3) is 0 Å². The SMILES string of the molecule is CCc1ccsc1C(=O)NCc1ccc(C#CCO)cc1. The second-order valence-electron chi connectivity index (χ2n) is 4.47. The highest BCUT2D eigenvalue weighted by atomic mass is 32.1. The molecule has 1 heterocycles. The molecule has 0 aliphatic carbocycles. The summed E-state index contributed by atoms with van der Waals surface area (Å²) in [6.45, 7) is 2.40. The number of rotatable bonds is 4. The number of hydrogen-bond donors (Lipinski definition) is 2. The second-order valence-corrected chi connectivity index (χ2v) is 5.38. The van der Waals surface area contributed by atoms with E-state index in [9.17, 15) is 4.79 Å². The Morgan fingerprint density at radius 1 is 1.29 bits per heavy atom. The summed E-state index contributed by atoms with van der Waals surface area (Å²) in [5.74, 6) is 5.42. The highest BCUT2D eigenvalue weighted by Crippen LogP contribution is 2.17. The maximum atomic E-state index is 12.1. The lowest BCUT2D eigenvalue weighted by atomic mass is 10.1. The van der Waals surface area contributed by atoms with Gasteiger partial charge in [0.25, 0.3) is 5.91 Å². The molecule has 0 saturated carbocycles. The molecule has 1 aromatic heterocycles. The Morgan fingerprint density at radius 3 is 2.71 bits per heavy atom. The predicted octanol–water partition coefficient (Wildman–Crippen LogP) is 2.58. The van der Waals surface area contributed by atoms with Crippen molar-refractivity contribution in [2.24, 2.45) is 0 Å². The largest absolute Gasteiger partial charge is 0.384 e. The third-order valence-corrected chi connectivity index (χ3v) is 4.01. The number of aliphatic hydroxyl groups excluding tert-OH is 1. The molecule has 2 N–H and O–H groups in total. The van der Waals surface area contributed by atoms with Crippen LogP contribution in [-0.4, -0.2) is 17.6 Å². The van der Waals surface area contributed by atoms with E-state index in [0.29, 0.717) is 6.54 Å². The van der Waals surface area contributed by atoms with Crippen molar-refractivity contribution < 1.29 is 9.90 Å². The fourth-order valence-electron chi connectivity index (χ4n) is 1.92. The van der Waals surface area contributed by atoms with Crippen LogP contribution < -0.4 is 5.32 Å². The summed E-state index contributed by atoms with van der Waals surface area (Å²) in [5, 5.41) is 13.5. The number of benzene rings is 1. The van der Waals surface area contributed by atoms with Gasteiger partial charge in [-0.15, -0.1) is 11.3 Å². The summed E-state index contributed by atoms with van der Waals surface area (Å²) in [6.07, 6.45) is 0.866. The number of aliphatic hydroxyl groups is 1. The molecule has 2 aromatic rings. The minimum Gasteiger partial charge on any atom is -0.384 e. The first-order valence-electron chi connectivity index (χ1n) is 6.77. The average molecular weight is 299 g/mol. The molecule has 0 spiro atoms. The molecule has 1 amide bonds. The van der Waals surface area contributed by atoms with Crippen molar-refractivity contribution in [3.8, 4) is 11.8 Å². The summed E-state index contributed by atoms with van der Waals surface area (Å²) in [7, 11) is 0. The number of carbonyl (C=O) groups is 1. The van der Waals surface area contributed by atoms with Gasteiger partial charge in [-0.25, -0.2) is 0 Å². The first-order chi connectivity index (χ1) is 10.2. The van der Waals surface area contributed by atoms with Gasteiger partial charge in [0.15, 0.2) is 0 Å². The fraction of sp³-hybridized carbons (Fsp3) is 0.235. The third kappa shape index (κ3) is 4.19. The van der Waals surface area contributed by atoms with Crippen LogP contribution in [0.15, 0.2) is 35.7 Å². The van der Waals surface area contributed by atoms with Gasteiger partial charge < -0.3 is 10.4 Å². The molecule has 3 nitrogen and oxygen atoms in total. The zero-order valence-electron chi connectivity index (χ0n) is 11.8. The van der Waals surface area contributed by atoms with Gasteiger partial charge in [-0.2, -0.15) is 0 Å². The van der Waals surface area contributed by atoms with Crippen molar-refractivity contribution in [1.82, 2.24) is 5.32 Å². The third-order valence-electron chi connectivity index (χ3n) is 3.05. The first kappa shape index (κ1) is 15.3. The summed E-state index contributed by atoms with van der Waals surface area (Å²) in [6, 6.07) is 9.61. The molecule has 108 valence electrons. The summed E-state index contributed by atoms with van der Waals surface area (Å²) >= 11 is 1.47. The molecule has 0 unspecified atom stereocenters. The Hall–Kier alpha value is -2.09. The maximum absolute atomic E-state index is 12.1. The average Bonchev–Trinajstić information content (AvgIpc) is 3.00. The number of hydrogen-bond acceptors (Lipinski definition) is 3. The fourth-order valence-corrected chi connectivity index (χ4v) is 2.83. The Balaban J connectivity index is 1.95. The highest BCUT2D eigenvalue weighted by Gasteiger charge is 2.11. The maximum Gasteiger partial charge on any atom is 0.261 e. The van der Waals surface area contributed by atoms with E-state index >= 15 is 0 Å². The number of nitrogens with one attached hydrogen (secondary N) is 1. The lowest BCUT2D eigenvalue weighted by molar-refractivity contribution is 0.0954. The van der Waals surface area contributed by atoms with Crippen LogP contribution in [0, 0.1) is 11.8 Å². The lowest BCUT2D eigenvalue weighted by Gasteiger charge is -2.05. The molecule has 0 aliphatic heterocycles. The molecule has 2 rings (SSSR count). The lowest BCUT2D eigenvalue weighted by Crippen LogP contribution is -2.22. The van der Waals surface area contributed by atoms with Gasteiger partial charge in [-0.1, -0.05) is 30.9 Å². The van der Waals surface area contributed by atoms with Crippen molar-refractivity contribution in [2.45, 2.75) is 19.9 Å². The quantitative estimate of drug-likeness (QED) is 0.853. The van der Waals surface area contributed by atoms with E-state index < -0.39 is 0 Å². The standard InChI is InChI=1S/C17H17NO2S/c1-2-15-9-11-21-16(15)17(20)18-12-14-7-5-13(6-8-14)4-3-10-19/h5-9,11,19H,2,10,12H2,1H3,(H,18,20). The zero-order chi connectivity index (χ0) is 15.1. The Kier molecular flexibility index (Phi) is 5.56. The topological polar surface area (TPSA) is 49.3 Å². The van der Waals surface area contributed by atoms with Crippen LogP contribution in [0.1, 0.15) is 33.3 Å². The number of carbonyl (C=O) groups excluding carboxylic acids is 1. The number of amides is 1. The van der Waals surface area contributed by atoms with Gasteiger partial charge >= 0.3 is 0 Å². The van der Waals surface area contributed by atoms with E-state index in [0.717, 1.165) is 28.0 Å². The van der Waals surface area contributed by atoms with E-state index in [-0.39, 0.29) is 12.5 Å². The van der Waals surface area contributed by atoms with E-state index in [4.69, 9.17) is 5.11 Å². The molecule has 0 radical (unpaired) electrons. The van der Waals surface area contributed by atoms with Crippen molar-refractivity contribution in [3.05, 3.63) is 57.3 Å². The second kappa shape index (κ2) is 7.63. The Morgan fingerprint density at radius 2 is 2.05 bits per heavy atom. The molecule has 0 saturated heterocycles. The molecule has 0 atom stereocenters. The molecular formula is C17H17NO2S. The zero-order valence-corrected chi connectivity index (χ0v) is 12.7. The normalized spacial score (nSPS) is 9.81. The molecular weight excluding hydrogens is 282 g/mol. The van der Waals surface area contributed by atoms with Gasteiger partial charge in [-0.05, 0) is 41.1 Å². The van der Waals surface area contributed by atoms with Crippen molar-refractivity contribution >= 4 is 17.2 Å². The molecule has 0 fully saturated rings. The molecule has 1 aromatic carbocycles. The van der Waals surface area contributed by atoms with Crippen LogP contribution in [-0.2, 0) is 13.0 Å². The minimum atomic E-state index is -0.140. The molecule has 0 bridgehead atoms. The van der Waals surface area contributed by atoms with Gasteiger partial charge in [0, 0.05) is 12.1 Å². The van der Waals surface area contributed by atoms with Crippen LogP contribution in [0.5, 0.6) is 0 Å². The first-order valence-corrected chi connectivity index (χ1v) is 7.65. The summed E-state index contributed by atoms with van der Waals surface area (Å²) in [5.41, 5.74) is 2.96. The van der Waals surface area contributed by atoms with Crippen LogP contribution in [0.4, 0.5) is 0 Å². The van der Waals surface area contributed by atoms with Gasteiger partial charge in [0.2, 0.25) is 0 Å². The van der Waals surface area contributed by atoms with Crippen molar-refractivity contribution in [1.29, 1.82) is 0 Å². The Bertz CT molecular complexity index is 662. The van der Waals surface area contributed by atoms with Crippen LogP contribution >= 0.6 is 11.3 Å². The monoisotopic (exact) mass is 299 g/mol. The van der Waals surface area contributed by atoms with Gasteiger partial charge in [0.1, 0.15) is 6.61 Å². The number of thiophene rings is 1. The Labute approximate surface area is 128 Å². The summed E-state index contributed by atoms with van der Waals surface area (Å²) < 4.78 is 0.